The number of unbranched alkanes of at least 4 members (excludes halogenated alkanes) is 1. The lowest BCUT2D eigenvalue weighted by Crippen LogP contribution is -2.41. The summed E-state index contributed by atoms with van der Waals surface area (Å²) in [7, 11) is 0. The maximum atomic E-state index is 12.7. The van der Waals surface area contributed by atoms with Gasteiger partial charge in [0.15, 0.2) is 5.82 Å². The number of aromatic nitrogens is 4. The van der Waals surface area contributed by atoms with E-state index in [1.54, 1.807) is 6.20 Å². The highest BCUT2D eigenvalue weighted by atomic mass is 16.5. The number of ether oxygens (including phenoxy) is 1. The van der Waals surface area contributed by atoms with Gasteiger partial charge in [-0.2, -0.15) is 0 Å². The molecule has 0 spiro atoms. The van der Waals surface area contributed by atoms with E-state index in [1.807, 2.05) is 17.2 Å². The van der Waals surface area contributed by atoms with E-state index in [9.17, 15) is 4.79 Å². The third-order valence-corrected chi connectivity index (χ3v) is 5.82. The lowest BCUT2D eigenvalue weighted by molar-refractivity contribution is -0.133. The van der Waals surface area contributed by atoms with Gasteiger partial charge >= 0.3 is 0 Å². The van der Waals surface area contributed by atoms with Crippen LogP contribution in [0.4, 0.5) is 0 Å². The summed E-state index contributed by atoms with van der Waals surface area (Å²) in [5.74, 6) is 2.64. The molecule has 0 aromatic carbocycles. The van der Waals surface area contributed by atoms with E-state index in [2.05, 4.69) is 32.7 Å². The summed E-state index contributed by atoms with van der Waals surface area (Å²) in [6, 6.07) is 4.26. The topological polar surface area (TPSA) is 73.1 Å². The van der Waals surface area contributed by atoms with Crippen molar-refractivity contribution >= 4 is 5.91 Å². The Labute approximate surface area is 166 Å². The first-order chi connectivity index (χ1) is 13.7. The van der Waals surface area contributed by atoms with Crippen molar-refractivity contribution in [3.8, 4) is 0 Å². The molecule has 150 valence electrons. The van der Waals surface area contributed by atoms with E-state index >= 15 is 0 Å². The maximum Gasteiger partial charge on any atom is 0.223 e. The molecule has 2 aliphatic heterocycles. The van der Waals surface area contributed by atoms with Crippen molar-refractivity contribution in [1.82, 2.24) is 24.6 Å². The van der Waals surface area contributed by atoms with E-state index in [1.165, 1.54) is 5.56 Å². The van der Waals surface area contributed by atoms with E-state index in [4.69, 9.17) is 4.74 Å². The van der Waals surface area contributed by atoms with Crippen molar-refractivity contribution in [1.29, 1.82) is 0 Å². The number of aryl methyl sites for hydroxylation is 1. The Bertz CT molecular complexity index is 785. The SMILES string of the molecule is C[C@H]1CN(C(=O)CCCCc2cccnc2)Cc2nnc(C3CCOCC3)n21. The first-order valence-corrected chi connectivity index (χ1v) is 10.4. The summed E-state index contributed by atoms with van der Waals surface area (Å²) in [5.41, 5.74) is 1.23. The highest BCUT2D eigenvalue weighted by Crippen LogP contribution is 2.31. The highest BCUT2D eigenvalue weighted by molar-refractivity contribution is 5.76. The zero-order chi connectivity index (χ0) is 19.3. The molecule has 28 heavy (non-hydrogen) atoms. The number of carbonyl (C=O) groups excluding carboxylic acids is 1. The minimum absolute atomic E-state index is 0.218. The standard InChI is InChI=1S/C21H29N5O2/c1-16-14-25(20(27)7-3-2-5-17-6-4-10-22-13-17)15-19-23-24-21(26(16)19)18-8-11-28-12-9-18/h4,6,10,13,16,18H,2-3,5,7-9,11-12,14-15H2,1H3/t16-/m0/s1. The van der Waals surface area contributed by atoms with E-state index in [-0.39, 0.29) is 11.9 Å². The molecule has 1 atom stereocenters. The van der Waals surface area contributed by atoms with Gasteiger partial charge in [0.05, 0.1) is 12.6 Å². The van der Waals surface area contributed by atoms with Gasteiger partial charge in [-0.3, -0.25) is 9.78 Å². The van der Waals surface area contributed by atoms with Crippen molar-refractivity contribution in [2.75, 3.05) is 19.8 Å². The van der Waals surface area contributed by atoms with Crippen LogP contribution in [-0.2, 0) is 22.5 Å². The summed E-state index contributed by atoms with van der Waals surface area (Å²) in [6.45, 7) is 5.07. The number of pyridine rings is 1. The van der Waals surface area contributed by atoms with Gasteiger partial charge in [0.25, 0.3) is 0 Å². The van der Waals surface area contributed by atoms with Gasteiger partial charge in [0.2, 0.25) is 5.91 Å². The second-order valence-corrected chi connectivity index (χ2v) is 7.92. The summed E-state index contributed by atoms with van der Waals surface area (Å²) in [6.07, 6.45) is 9.17. The number of hydrogen-bond acceptors (Lipinski definition) is 5. The molecule has 4 heterocycles. The van der Waals surface area contributed by atoms with Crippen LogP contribution in [0.5, 0.6) is 0 Å². The fourth-order valence-corrected chi connectivity index (χ4v) is 4.29. The van der Waals surface area contributed by atoms with Gasteiger partial charge in [-0.15, -0.1) is 10.2 Å². The molecule has 0 unspecified atom stereocenters. The van der Waals surface area contributed by atoms with Crippen LogP contribution in [0.2, 0.25) is 0 Å². The van der Waals surface area contributed by atoms with Gasteiger partial charge in [-0.25, -0.2) is 0 Å². The summed E-state index contributed by atoms with van der Waals surface area (Å²) in [4.78, 5) is 18.8. The number of hydrogen-bond donors (Lipinski definition) is 0. The smallest absolute Gasteiger partial charge is 0.223 e. The molecule has 4 rings (SSSR count). The highest BCUT2D eigenvalue weighted by Gasteiger charge is 2.31. The minimum Gasteiger partial charge on any atom is -0.381 e. The molecule has 0 saturated carbocycles. The van der Waals surface area contributed by atoms with Gasteiger partial charge in [0, 0.05) is 44.5 Å². The zero-order valence-corrected chi connectivity index (χ0v) is 16.6. The van der Waals surface area contributed by atoms with Crippen molar-refractivity contribution in [3.63, 3.8) is 0 Å². The monoisotopic (exact) mass is 383 g/mol. The molecule has 0 bridgehead atoms. The second kappa shape index (κ2) is 8.82. The van der Waals surface area contributed by atoms with Crippen LogP contribution in [0.25, 0.3) is 0 Å². The third-order valence-electron chi connectivity index (χ3n) is 5.82. The molecule has 0 N–H and O–H groups in total. The average Bonchev–Trinajstić information content (AvgIpc) is 3.17. The molecule has 0 radical (unpaired) electrons. The van der Waals surface area contributed by atoms with Crippen LogP contribution in [0.15, 0.2) is 24.5 Å². The molecule has 7 nitrogen and oxygen atoms in total. The third kappa shape index (κ3) is 4.24. The van der Waals surface area contributed by atoms with Crippen LogP contribution in [-0.4, -0.2) is 50.3 Å². The van der Waals surface area contributed by atoms with Crippen LogP contribution >= 0.6 is 0 Å². The summed E-state index contributed by atoms with van der Waals surface area (Å²) < 4.78 is 7.74. The van der Waals surface area contributed by atoms with Gasteiger partial charge in [0.1, 0.15) is 5.82 Å². The lowest BCUT2D eigenvalue weighted by atomic mass is 9.98. The predicted molar refractivity (Wildman–Crippen MR) is 105 cm³/mol. The van der Waals surface area contributed by atoms with Gasteiger partial charge in [-0.1, -0.05) is 6.07 Å². The van der Waals surface area contributed by atoms with E-state index in [0.29, 0.717) is 18.9 Å². The fourth-order valence-electron chi connectivity index (χ4n) is 4.29. The van der Waals surface area contributed by atoms with Crippen LogP contribution < -0.4 is 0 Å². The van der Waals surface area contributed by atoms with Crippen molar-refractivity contribution < 1.29 is 9.53 Å². The van der Waals surface area contributed by atoms with Crippen LogP contribution in [0, 0.1) is 0 Å². The first kappa shape index (κ1) is 19.1. The maximum absolute atomic E-state index is 12.7. The number of nitrogens with zero attached hydrogens (tertiary/aromatic N) is 5. The first-order valence-electron chi connectivity index (χ1n) is 10.4. The molecule has 1 amide bonds. The quantitative estimate of drug-likeness (QED) is 0.717. The average molecular weight is 383 g/mol. The number of carbonyl (C=O) groups is 1. The molecule has 2 aromatic rings. The zero-order valence-electron chi connectivity index (χ0n) is 16.6. The van der Waals surface area contributed by atoms with Crippen LogP contribution in [0.3, 0.4) is 0 Å². The largest absolute Gasteiger partial charge is 0.381 e. The molecule has 1 saturated heterocycles. The van der Waals surface area contributed by atoms with E-state index < -0.39 is 0 Å². The van der Waals surface area contributed by atoms with Gasteiger partial charge < -0.3 is 14.2 Å². The van der Waals surface area contributed by atoms with Crippen molar-refractivity contribution in [2.45, 2.75) is 64.0 Å². The number of amides is 1. The molecular formula is C21H29N5O2. The fraction of sp³-hybridized carbons (Fsp3) is 0.619. The Morgan fingerprint density at radius 1 is 1.25 bits per heavy atom. The minimum atomic E-state index is 0.218. The number of fused-ring (bicyclic) bond motifs is 1. The lowest BCUT2D eigenvalue weighted by Gasteiger charge is -2.34. The van der Waals surface area contributed by atoms with Crippen molar-refractivity contribution in [3.05, 3.63) is 41.7 Å². The summed E-state index contributed by atoms with van der Waals surface area (Å²) in [5, 5.41) is 8.91. The van der Waals surface area contributed by atoms with Gasteiger partial charge in [-0.05, 0) is 50.7 Å². The van der Waals surface area contributed by atoms with E-state index in [0.717, 1.165) is 63.5 Å². The molecule has 2 aromatic heterocycles. The Morgan fingerprint density at radius 3 is 2.89 bits per heavy atom. The Morgan fingerprint density at radius 2 is 2.11 bits per heavy atom. The van der Waals surface area contributed by atoms with Crippen LogP contribution in [0.1, 0.15) is 68.2 Å². The Kier molecular flexibility index (Phi) is 6.00. The van der Waals surface area contributed by atoms with Crippen molar-refractivity contribution in [2.24, 2.45) is 0 Å². The second-order valence-electron chi connectivity index (χ2n) is 7.92. The molecular weight excluding hydrogens is 354 g/mol. The normalized spacial score (nSPS) is 20.2. The molecule has 0 aliphatic carbocycles. The predicted octanol–water partition coefficient (Wildman–Crippen LogP) is 2.88. The molecule has 1 fully saturated rings. The molecule has 7 heteroatoms. The summed E-state index contributed by atoms with van der Waals surface area (Å²) >= 11 is 0. The molecule has 2 aliphatic rings. The number of rotatable bonds is 6. The Balaban J connectivity index is 1.31. The Hall–Kier alpha value is -2.28.